The van der Waals surface area contributed by atoms with E-state index in [0.29, 0.717) is 5.69 Å². The van der Waals surface area contributed by atoms with Gasteiger partial charge in [-0.25, -0.2) is 13.8 Å². The lowest BCUT2D eigenvalue weighted by Crippen LogP contribution is -2.16. The van der Waals surface area contributed by atoms with Gasteiger partial charge in [0.2, 0.25) is 0 Å². The van der Waals surface area contributed by atoms with Crippen LogP contribution in [-0.4, -0.2) is 15.9 Å². The topological polar surface area (TPSA) is 78.1 Å². The zero-order valence-corrected chi connectivity index (χ0v) is 21.9. The third-order valence-electron chi connectivity index (χ3n) is 5.62. The Bertz CT molecular complexity index is 1610. The van der Waals surface area contributed by atoms with Crippen molar-refractivity contribution in [2.24, 2.45) is 5.73 Å². The quantitative estimate of drug-likeness (QED) is 0.235. The van der Waals surface area contributed by atoms with Crippen LogP contribution in [0.4, 0.5) is 8.78 Å². The molecule has 5 nitrogen and oxygen atoms in total. The van der Waals surface area contributed by atoms with Gasteiger partial charge in [0.25, 0.3) is 5.91 Å². The number of rotatable bonds is 5. The number of aryl methyl sites for hydroxylation is 2. The van der Waals surface area contributed by atoms with Crippen LogP contribution in [0.1, 0.15) is 32.9 Å². The lowest BCUT2D eigenvalue weighted by Gasteiger charge is -2.10. The van der Waals surface area contributed by atoms with Gasteiger partial charge in [0, 0.05) is 16.1 Å². The van der Waals surface area contributed by atoms with Crippen molar-refractivity contribution in [1.82, 2.24) is 9.97 Å². The number of benzene rings is 3. The molecule has 2 aromatic heterocycles. The second-order valence-electron chi connectivity index (χ2n) is 8.52. The first kappa shape index (κ1) is 26.2. The number of hydrogen-bond donors (Lipinski definition) is 1. The molecule has 5 rings (SSSR count). The highest BCUT2D eigenvalue weighted by molar-refractivity contribution is 9.08. The summed E-state index contributed by atoms with van der Waals surface area (Å²) in [5.74, 6) is -3.57. The number of carbonyl (C=O) groups is 1. The Hall–Kier alpha value is -3.91. The van der Waals surface area contributed by atoms with Gasteiger partial charge in [-0.2, -0.15) is 0 Å². The number of alkyl halides is 1. The minimum absolute atomic E-state index is 0.0232. The van der Waals surface area contributed by atoms with Gasteiger partial charge in [0.05, 0.1) is 22.4 Å². The predicted molar refractivity (Wildman–Crippen MR) is 145 cm³/mol. The fourth-order valence-corrected chi connectivity index (χ4v) is 4.06. The van der Waals surface area contributed by atoms with E-state index in [9.17, 15) is 13.6 Å². The maximum absolute atomic E-state index is 14.1. The summed E-state index contributed by atoms with van der Waals surface area (Å²) in [7, 11) is 0. The molecule has 0 unspecified atom stereocenters. The molecule has 8 heteroatoms. The second-order valence-corrected chi connectivity index (χ2v) is 9.08. The van der Waals surface area contributed by atoms with Crippen molar-refractivity contribution < 1.29 is 18.3 Å². The first-order valence-corrected chi connectivity index (χ1v) is 12.6. The molecule has 0 aliphatic heterocycles. The van der Waals surface area contributed by atoms with E-state index in [1.165, 1.54) is 10.9 Å². The zero-order valence-electron chi connectivity index (χ0n) is 20.3. The molecule has 0 fully saturated rings. The fourth-order valence-electron chi connectivity index (χ4n) is 3.75. The van der Waals surface area contributed by atoms with Gasteiger partial charge in [-0.1, -0.05) is 51.3 Å². The number of amides is 1. The molecule has 0 saturated carbocycles. The zero-order chi connectivity index (χ0) is 26.5. The molecular formula is C29H24BrF2N3O2. The number of halogens is 3. The van der Waals surface area contributed by atoms with Crippen molar-refractivity contribution in [3.8, 4) is 5.75 Å². The second kappa shape index (κ2) is 11.4. The smallest absolute Gasteiger partial charge is 0.254 e. The van der Waals surface area contributed by atoms with Crippen molar-refractivity contribution in [2.45, 2.75) is 25.8 Å². The molecule has 2 N–H and O–H groups in total. The average Bonchev–Trinajstić information content (AvgIpc) is 2.88. The number of hydrogen-bond acceptors (Lipinski definition) is 4. The maximum atomic E-state index is 14.1. The highest BCUT2D eigenvalue weighted by Gasteiger charge is 2.19. The summed E-state index contributed by atoms with van der Waals surface area (Å²) in [6, 6.07) is 22.0. The van der Waals surface area contributed by atoms with Crippen molar-refractivity contribution in [3.63, 3.8) is 0 Å². The van der Waals surface area contributed by atoms with E-state index in [4.69, 9.17) is 10.5 Å². The molecule has 2 heterocycles. The molecule has 0 spiro atoms. The van der Waals surface area contributed by atoms with Crippen LogP contribution in [0.3, 0.4) is 0 Å². The van der Waals surface area contributed by atoms with Gasteiger partial charge in [-0.3, -0.25) is 9.78 Å². The van der Waals surface area contributed by atoms with E-state index in [0.717, 1.165) is 45.1 Å². The van der Waals surface area contributed by atoms with Crippen LogP contribution >= 0.6 is 15.9 Å². The third-order valence-corrected chi connectivity index (χ3v) is 6.19. The number of pyridine rings is 2. The molecule has 3 aromatic carbocycles. The summed E-state index contributed by atoms with van der Waals surface area (Å²) in [5.41, 5.74) is 10.1. The average molecular weight is 564 g/mol. The molecule has 1 amide bonds. The number of nitrogens with zero attached hydrogens (tertiary/aromatic N) is 2. The van der Waals surface area contributed by atoms with Crippen molar-refractivity contribution in [2.75, 3.05) is 0 Å². The first-order valence-electron chi connectivity index (χ1n) is 11.4. The van der Waals surface area contributed by atoms with Crippen LogP contribution in [0.25, 0.3) is 21.8 Å². The molecule has 5 aromatic rings. The third kappa shape index (κ3) is 6.27. The van der Waals surface area contributed by atoms with E-state index in [1.807, 2.05) is 31.2 Å². The van der Waals surface area contributed by atoms with E-state index in [2.05, 4.69) is 63.2 Å². The Labute approximate surface area is 221 Å². The highest BCUT2D eigenvalue weighted by atomic mass is 79.9. The highest BCUT2D eigenvalue weighted by Crippen LogP contribution is 2.24. The lowest BCUT2D eigenvalue weighted by molar-refractivity contribution is 0.0991. The first-order chi connectivity index (χ1) is 17.7. The standard InChI is InChI=1S/C18H14F2N2O2.C11H10BrN/c1-10-2-6-14-11(8-10)3-4-12(22-14)9-24-15-7-5-13(19)16(17(15)20)18(21)23;1-8-2-5-11-9(6-8)3-4-10(7-12)13-11/h2-8H,9H2,1H3,(H2,21,23);2-6H,7H2,1H3. The predicted octanol–water partition coefficient (Wildman–Crippen LogP) is 6.94. The molecule has 188 valence electrons. The van der Waals surface area contributed by atoms with E-state index in [1.54, 1.807) is 6.07 Å². The number of ether oxygens (including phenoxy) is 1. The molecule has 0 aliphatic carbocycles. The molecule has 37 heavy (non-hydrogen) atoms. The molecular weight excluding hydrogens is 540 g/mol. The Morgan fingerprint density at radius 3 is 1.97 bits per heavy atom. The molecule has 0 saturated heterocycles. The molecule has 0 atom stereocenters. The molecule has 0 bridgehead atoms. The number of fused-ring (bicyclic) bond motifs is 2. The van der Waals surface area contributed by atoms with Crippen molar-refractivity contribution in [1.29, 1.82) is 0 Å². The Kier molecular flexibility index (Phi) is 8.08. The number of aromatic nitrogens is 2. The van der Waals surface area contributed by atoms with E-state index < -0.39 is 23.1 Å². The summed E-state index contributed by atoms with van der Waals surface area (Å²) in [6.07, 6.45) is 0. The summed E-state index contributed by atoms with van der Waals surface area (Å²) >= 11 is 3.40. The summed E-state index contributed by atoms with van der Waals surface area (Å²) in [6.45, 7) is 4.06. The Morgan fingerprint density at radius 2 is 1.41 bits per heavy atom. The normalized spacial score (nSPS) is 10.7. The largest absolute Gasteiger partial charge is 0.484 e. The van der Waals surface area contributed by atoms with Crippen LogP contribution in [0.15, 0.2) is 72.8 Å². The number of carbonyl (C=O) groups excluding carboxylic acids is 1. The van der Waals surface area contributed by atoms with Gasteiger partial charge >= 0.3 is 0 Å². The van der Waals surface area contributed by atoms with Crippen molar-refractivity contribution in [3.05, 3.63) is 113 Å². The lowest BCUT2D eigenvalue weighted by atomic mass is 10.1. The van der Waals surface area contributed by atoms with Gasteiger partial charge in [-0.05, 0) is 62.4 Å². The van der Waals surface area contributed by atoms with Crippen LogP contribution in [0.5, 0.6) is 5.75 Å². The van der Waals surface area contributed by atoms with Crippen LogP contribution < -0.4 is 10.5 Å². The van der Waals surface area contributed by atoms with Crippen LogP contribution in [0.2, 0.25) is 0 Å². The monoisotopic (exact) mass is 563 g/mol. The van der Waals surface area contributed by atoms with E-state index in [-0.39, 0.29) is 12.4 Å². The van der Waals surface area contributed by atoms with Gasteiger partial charge < -0.3 is 10.5 Å². The number of nitrogens with two attached hydrogens (primary N) is 1. The molecule has 0 aliphatic rings. The van der Waals surface area contributed by atoms with Crippen LogP contribution in [0, 0.1) is 25.5 Å². The fraction of sp³-hybridized carbons (Fsp3) is 0.138. The maximum Gasteiger partial charge on any atom is 0.254 e. The summed E-state index contributed by atoms with van der Waals surface area (Å²) in [4.78, 5) is 20.0. The summed E-state index contributed by atoms with van der Waals surface area (Å²) < 4.78 is 32.9. The minimum atomic E-state index is -1.19. The van der Waals surface area contributed by atoms with Crippen molar-refractivity contribution >= 4 is 43.6 Å². The SMILES string of the molecule is Cc1ccc2nc(CBr)ccc2c1.Cc1ccc2nc(COc3ccc(F)c(C(N)=O)c3F)ccc2c1. The van der Waals surface area contributed by atoms with E-state index >= 15 is 0 Å². The van der Waals surface area contributed by atoms with Gasteiger partial charge in [-0.15, -0.1) is 0 Å². The summed E-state index contributed by atoms with van der Waals surface area (Å²) in [5, 5.41) is 3.02. The van der Waals surface area contributed by atoms with Gasteiger partial charge in [0.1, 0.15) is 18.0 Å². The van der Waals surface area contributed by atoms with Crippen LogP contribution in [-0.2, 0) is 11.9 Å². The Morgan fingerprint density at radius 1 is 0.838 bits per heavy atom. The minimum Gasteiger partial charge on any atom is -0.484 e. The molecule has 0 radical (unpaired) electrons. The number of primary amides is 1. The van der Waals surface area contributed by atoms with Gasteiger partial charge in [0.15, 0.2) is 11.6 Å². The Balaban J connectivity index is 0.000000207.